The number of para-hydroxylation sites is 1. The van der Waals surface area contributed by atoms with Crippen molar-refractivity contribution >= 4 is 20.0 Å². The lowest BCUT2D eigenvalue weighted by Gasteiger charge is -2.05. The smallest absolute Gasteiger partial charge is 0.322 e. The molecule has 0 aliphatic carbocycles. The van der Waals surface area contributed by atoms with E-state index < -0.39 is 0 Å². The normalized spacial score (nSPS) is 10.8. The van der Waals surface area contributed by atoms with Gasteiger partial charge in [-0.1, -0.05) is 24.3 Å². The molecule has 0 atom stereocenters. The number of hydrogen-bond donors (Lipinski definition) is 0. The molecule has 0 aromatic heterocycles. The van der Waals surface area contributed by atoms with Crippen molar-refractivity contribution in [3.05, 3.63) is 59.2 Å². The maximum atomic E-state index is 5.30. The number of aliphatic imine (C=N–C) groups is 1. The van der Waals surface area contributed by atoms with Gasteiger partial charge in [0.05, 0.1) is 5.69 Å². The molecular formula is C15H16BNO. The Morgan fingerprint density at radius 2 is 1.89 bits per heavy atom. The fraction of sp³-hybridized carbons (Fsp3) is 0.133. The topological polar surface area (TPSA) is 21.6 Å². The number of aryl methyl sites for hydroxylation is 2. The minimum atomic E-state index is 0.839. The summed E-state index contributed by atoms with van der Waals surface area (Å²) in [5, 5.41) is 0. The molecule has 0 unspecified atom stereocenters. The molecule has 0 fully saturated rings. The predicted octanol–water partition coefficient (Wildman–Crippen LogP) is 2.98. The SMILES string of the molecule is BOc1ccccc1/C=N/c1cc(C)ccc1C. The van der Waals surface area contributed by atoms with Gasteiger partial charge < -0.3 is 4.65 Å². The van der Waals surface area contributed by atoms with E-state index >= 15 is 0 Å². The first kappa shape index (κ1) is 12.4. The third-order valence-corrected chi connectivity index (χ3v) is 2.85. The molecule has 0 N–H and O–H groups in total. The van der Waals surface area contributed by atoms with Crippen LogP contribution in [0.15, 0.2) is 47.5 Å². The molecule has 18 heavy (non-hydrogen) atoms. The van der Waals surface area contributed by atoms with E-state index in [4.69, 9.17) is 4.65 Å². The van der Waals surface area contributed by atoms with Crippen LogP contribution in [0.25, 0.3) is 0 Å². The second kappa shape index (κ2) is 5.54. The van der Waals surface area contributed by atoms with Crippen LogP contribution in [0.3, 0.4) is 0 Å². The standard InChI is InChI=1S/C15H16BNO/c1-11-7-8-12(2)14(9-11)17-10-13-5-3-4-6-15(13)18-16/h3-10H,16H2,1-2H3/b17-10+. The van der Waals surface area contributed by atoms with Crippen molar-refractivity contribution in [2.45, 2.75) is 13.8 Å². The Labute approximate surface area is 109 Å². The molecule has 2 rings (SSSR count). The molecule has 0 amide bonds. The van der Waals surface area contributed by atoms with Gasteiger partial charge in [0.2, 0.25) is 0 Å². The van der Waals surface area contributed by atoms with E-state index in [1.54, 1.807) is 8.05 Å². The zero-order valence-electron chi connectivity index (χ0n) is 11.0. The van der Waals surface area contributed by atoms with Crippen LogP contribution in [0.4, 0.5) is 5.69 Å². The average Bonchev–Trinajstić information content (AvgIpc) is 2.40. The molecule has 0 aliphatic heterocycles. The molecule has 0 aliphatic rings. The van der Waals surface area contributed by atoms with Crippen LogP contribution in [0.1, 0.15) is 16.7 Å². The summed E-state index contributed by atoms with van der Waals surface area (Å²) in [5.74, 6) is 0.839. The fourth-order valence-electron chi connectivity index (χ4n) is 1.77. The summed E-state index contributed by atoms with van der Waals surface area (Å²) >= 11 is 0. The van der Waals surface area contributed by atoms with Crippen LogP contribution in [0, 0.1) is 13.8 Å². The third-order valence-electron chi connectivity index (χ3n) is 2.85. The van der Waals surface area contributed by atoms with E-state index in [-0.39, 0.29) is 0 Å². The van der Waals surface area contributed by atoms with Gasteiger partial charge in [-0.05, 0) is 43.2 Å². The van der Waals surface area contributed by atoms with Crippen LogP contribution in [0.5, 0.6) is 5.75 Å². The molecule has 0 spiro atoms. The number of hydrogen-bond acceptors (Lipinski definition) is 2. The van der Waals surface area contributed by atoms with Crippen LogP contribution in [-0.2, 0) is 0 Å². The molecule has 2 aromatic carbocycles. The lowest BCUT2D eigenvalue weighted by molar-refractivity contribution is 0.615. The summed E-state index contributed by atoms with van der Waals surface area (Å²) in [6.07, 6.45) is 1.85. The number of benzene rings is 2. The van der Waals surface area contributed by atoms with Crippen molar-refractivity contribution in [3.8, 4) is 5.75 Å². The first-order valence-electron chi connectivity index (χ1n) is 5.95. The summed E-state index contributed by atoms with van der Waals surface area (Å²) in [6, 6.07) is 14.1. The second-order valence-corrected chi connectivity index (χ2v) is 4.29. The Kier molecular flexibility index (Phi) is 3.83. The van der Waals surface area contributed by atoms with Crippen molar-refractivity contribution in [3.63, 3.8) is 0 Å². The van der Waals surface area contributed by atoms with Crippen molar-refractivity contribution in [1.29, 1.82) is 0 Å². The molecule has 2 aromatic rings. The van der Waals surface area contributed by atoms with Crippen LogP contribution in [-0.4, -0.2) is 14.3 Å². The Morgan fingerprint density at radius 3 is 2.67 bits per heavy atom. The van der Waals surface area contributed by atoms with Gasteiger partial charge in [0, 0.05) is 11.8 Å². The van der Waals surface area contributed by atoms with Gasteiger partial charge in [0.25, 0.3) is 0 Å². The van der Waals surface area contributed by atoms with Gasteiger partial charge >= 0.3 is 8.05 Å². The molecule has 0 radical (unpaired) electrons. The molecule has 0 saturated heterocycles. The molecule has 3 heteroatoms. The predicted molar refractivity (Wildman–Crippen MR) is 78.8 cm³/mol. The van der Waals surface area contributed by atoms with Crippen molar-refractivity contribution in [2.75, 3.05) is 0 Å². The monoisotopic (exact) mass is 237 g/mol. The van der Waals surface area contributed by atoms with Crippen molar-refractivity contribution < 1.29 is 4.65 Å². The summed E-state index contributed by atoms with van der Waals surface area (Å²) in [7, 11) is 1.67. The molecule has 90 valence electrons. The quantitative estimate of drug-likeness (QED) is 0.594. The maximum absolute atomic E-state index is 5.30. The van der Waals surface area contributed by atoms with E-state index in [0.717, 1.165) is 17.0 Å². The highest BCUT2D eigenvalue weighted by Gasteiger charge is 1.99. The Morgan fingerprint density at radius 1 is 1.11 bits per heavy atom. The van der Waals surface area contributed by atoms with Gasteiger partial charge in [-0.15, -0.1) is 0 Å². The molecule has 0 bridgehead atoms. The Hall–Kier alpha value is -2.03. The average molecular weight is 237 g/mol. The summed E-state index contributed by atoms with van der Waals surface area (Å²) in [4.78, 5) is 4.54. The highest BCUT2D eigenvalue weighted by molar-refractivity contribution is 6.01. The van der Waals surface area contributed by atoms with Gasteiger partial charge in [-0.2, -0.15) is 0 Å². The van der Waals surface area contributed by atoms with Gasteiger partial charge in [-0.3, -0.25) is 4.99 Å². The first-order valence-corrected chi connectivity index (χ1v) is 5.95. The van der Waals surface area contributed by atoms with Crippen molar-refractivity contribution in [2.24, 2.45) is 4.99 Å². The van der Waals surface area contributed by atoms with E-state index in [1.807, 2.05) is 30.5 Å². The second-order valence-electron chi connectivity index (χ2n) is 4.29. The highest BCUT2D eigenvalue weighted by atomic mass is 16.4. The maximum Gasteiger partial charge on any atom is 0.322 e. The molecule has 0 saturated carbocycles. The zero-order chi connectivity index (χ0) is 13.0. The summed E-state index contributed by atoms with van der Waals surface area (Å²) < 4.78 is 5.30. The minimum absolute atomic E-state index is 0.839. The summed E-state index contributed by atoms with van der Waals surface area (Å²) in [5.41, 5.74) is 4.38. The highest BCUT2D eigenvalue weighted by Crippen LogP contribution is 2.21. The van der Waals surface area contributed by atoms with Crippen LogP contribution in [0.2, 0.25) is 0 Å². The number of rotatable bonds is 3. The Balaban J connectivity index is 2.33. The van der Waals surface area contributed by atoms with E-state index in [9.17, 15) is 0 Å². The zero-order valence-corrected chi connectivity index (χ0v) is 11.0. The van der Waals surface area contributed by atoms with Crippen LogP contribution < -0.4 is 4.65 Å². The Bertz CT molecular complexity index is 578. The number of nitrogens with zero attached hydrogens (tertiary/aromatic N) is 1. The molecule has 0 heterocycles. The van der Waals surface area contributed by atoms with E-state index in [2.05, 4.69) is 37.0 Å². The van der Waals surface area contributed by atoms with Crippen LogP contribution >= 0.6 is 0 Å². The van der Waals surface area contributed by atoms with E-state index in [1.165, 1.54) is 11.1 Å². The van der Waals surface area contributed by atoms with E-state index in [0.29, 0.717) is 0 Å². The third kappa shape index (κ3) is 2.80. The van der Waals surface area contributed by atoms with Gasteiger partial charge in [0.1, 0.15) is 5.75 Å². The first-order chi connectivity index (χ1) is 8.70. The van der Waals surface area contributed by atoms with Gasteiger partial charge in [0.15, 0.2) is 0 Å². The largest absolute Gasteiger partial charge is 0.567 e. The fourth-order valence-corrected chi connectivity index (χ4v) is 1.77. The van der Waals surface area contributed by atoms with Crippen molar-refractivity contribution in [1.82, 2.24) is 0 Å². The lowest BCUT2D eigenvalue weighted by atomic mass is 10.1. The molecule has 2 nitrogen and oxygen atoms in total. The van der Waals surface area contributed by atoms with Gasteiger partial charge in [-0.25, -0.2) is 0 Å². The summed E-state index contributed by atoms with van der Waals surface area (Å²) in [6.45, 7) is 4.13. The lowest BCUT2D eigenvalue weighted by Crippen LogP contribution is -1.91. The molecular weight excluding hydrogens is 221 g/mol. The minimum Gasteiger partial charge on any atom is -0.567 e.